The molecule has 0 fully saturated rings. The van der Waals surface area contributed by atoms with E-state index in [1.165, 1.54) is 22.0 Å². The number of nitrogens with one attached hydrogen (secondary N) is 3. The molecule has 4 aromatic rings. The van der Waals surface area contributed by atoms with E-state index in [4.69, 9.17) is 0 Å². The summed E-state index contributed by atoms with van der Waals surface area (Å²) in [4.78, 5) is 12.2. The minimum atomic E-state index is 0. The largest absolute Gasteiger partial charge is 0.361 e. The molecule has 4 rings (SSSR count). The van der Waals surface area contributed by atoms with Crippen molar-refractivity contribution in [2.45, 2.75) is 19.9 Å². The van der Waals surface area contributed by atoms with Crippen molar-refractivity contribution in [2.75, 3.05) is 13.6 Å². The number of benzene rings is 2. The van der Waals surface area contributed by atoms with Gasteiger partial charge in [-0.25, -0.2) is 0 Å². The zero-order valence-corrected chi connectivity index (χ0v) is 19.0. The Morgan fingerprint density at radius 2 is 1.93 bits per heavy atom. The van der Waals surface area contributed by atoms with Gasteiger partial charge in [-0.2, -0.15) is 0 Å². The SMILES string of the molecule is CN=C(NCCc1c[nH]c2cc(C)ccc12)NCc1cccc2cccnc12.I. The predicted molar refractivity (Wildman–Crippen MR) is 132 cm³/mol. The summed E-state index contributed by atoms with van der Waals surface area (Å²) in [7, 11) is 1.80. The molecule has 0 spiro atoms. The highest BCUT2D eigenvalue weighted by atomic mass is 127. The van der Waals surface area contributed by atoms with Gasteiger partial charge in [-0.1, -0.05) is 36.4 Å². The van der Waals surface area contributed by atoms with E-state index in [0.717, 1.165) is 35.4 Å². The summed E-state index contributed by atoms with van der Waals surface area (Å²) in [6, 6.07) is 16.8. The summed E-state index contributed by atoms with van der Waals surface area (Å²) in [5, 5.41) is 9.24. The Bertz CT molecular complexity index is 1130. The molecule has 6 heteroatoms. The van der Waals surface area contributed by atoms with E-state index < -0.39 is 0 Å². The van der Waals surface area contributed by atoms with Crippen LogP contribution in [0.5, 0.6) is 0 Å². The summed E-state index contributed by atoms with van der Waals surface area (Å²) >= 11 is 0. The lowest BCUT2D eigenvalue weighted by Gasteiger charge is -2.13. The fourth-order valence-corrected chi connectivity index (χ4v) is 3.53. The number of aromatic nitrogens is 2. The number of aliphatic imine (C=N–C) groups is 1. The first kappa shape index (κ1) is 21.1. The highest BCUT2D eigenvalue weighted by molar-refractivity contribution is 14.0. The summed E-state index contributed by atoms with van der Waals surface area (Å²) < 4.78 is 0. The van der Waals surface area contributed by atoms with Gasteiger partial charge in [0.15, 0.2) is 5.96 Å². The van der Waals surface area contributed by atoms with Crippen LogP contribution in [0.2, 0.25) is 0 Å². The van der Waals surface area contributed by atoms with E-state index in [9.17, 15) is 0 Å². The third-order valence-corrected chi connectivity index (χ3v) is 5.00. The molecule has 29 heavy (non-hydrogen) atoms. The number of aryl methyl sites for hydroxylation is 1. The standard InChI is InChI=1S/C23H25N5.HI/c1-16-8-9-20-18(14-27-21(20)13-16)10-12-26-23(24-2)28-15-19-6-3-5-17-7-4-11-25-22(17)19;/h3-9,11,13-14,27H,10,12,15H2,1-2H3,(H2,24,26,28);1H. The molecule has 3 N–H and O–H groups in total. The highest BCUT2D eigenvalue weighted by Crippen LogP contribution is 2.19. The summed E-state index contributed by atoms with van der Waals surface area (Å²) in [5.41, 5.74) is 5.97. The molecule has 0 saturated heterocycles. The van der Waals surface area contributed by atoms with Gasteiger partial charge in [0, 0.05) is 48.8 Å². The molecule has 0 radical (unpaired) electrons. The van der Waals surface area contributed by atoms with E-state index >= 15 is 0 Å². The van der Waals surface area contributed by atoms with E-state index in [1.54, 1.807) is 7.05 Å². The molecular weight excluding hydrogens is 473 g/mol. The lowest BCUT2D eigenvalue weighted by molar-refractivity contribution is 0.798. The van der Waals surface area contributed by atoms with Crippen molar-refractivity contribution in [1.82, 2.24) is 20.6 Å². The highest BCUT2D eigenvalue weighted by Gasteiger charge is 2.06. The van der Waals surface area contributed by atoms with Gasteiger partial charge in [0.2, 0.25) is 0 Å². The first-order valence-corrected chi connectivity index (χ1v) is 9.58. The number of aromatic amines is 1. The summed E-state index contributed by atoms with van der Waals surface area (Å²) in [6.45, 7) is 3.61. The average molecular weight is 499 g/mol. The number of H-pyrrole nitrogens is 1. The number of fused-ring (bicyclic) bond motifs is 2. The van der Waals surface area contributed by atoms with Gasteiger partial charge >= 0.3 is 0 Å². The second-order valence-corrected chi connectivity index (χ2v) is 6.96. The van der Waals surface area contributed by atoms with E-state index in [-0.39, 0.29) is 24.0 Å². The second kappa shape index (κ2) is 9.73. The molecule has 0 amide bonds. The molecule has 2 heterocycles. The van der Waals surface area contributed by atoms with Crippen LogP contribution in [0, 0.1) is 6.92 Å². The fraction of sp³-hybridized carbons (Fsp3) is 0.217. The van der Waals surface area contributed by atoms with E-state index in [1.807, 2.05) is 12.3 Å². The van der Waals surface area contributed by atoms with Crippen LogP contribution in [0.1, 0.15) is 16.7 Å². The Hall–Kier alpha value is -2.61. The Balaban J connectivity index is 0.00000240. The number of rotatable bonds is 5. The first-order valence-electron chi connectivity index (χ1n) is 9.58. The third-order valence-electron chi connectivity index (χ3n) is 5.00. The van der Waals surface area contributed by atoms with Crippen LogP contribution >= 0.6 is 24.0 Å². The van der Waals surface area contributed by atoms with Crippen molar-refractivity contribution in [3.8, 4) is 0 Å². The Labute approximate surface area is 188 Å². The van der Waals surface area contributed by atoms with Crippen LogP contribution in [0.15, 0.2) is 65.9 Å². The second-order valence-electron chi connectivity index (χ2n) is 6.96. The molecule has 0 bridgehead atoms. The molecule has 0 unspecified atom stereocenters. The quantitative estimate of drug-likeness (QED) is 0.215. The van der Waals surface area contributed by atoms with Gasteiger partial charge in [-0.3, -0.25) is 9.98 Å². The molecule has 2 aromatic heterocycles. The minimum absolute atomic E-state index is 0. The van der Waals surface area contributed by atoms with E-state index in [0.29, 0.717) is 6.54 Å². The number of halogens is 1. The Morgan fingerprint density at radius 1 is 1.07 bits per heavy atom. The van der Waals surface area contributed by atoms with Crippen LogP contribution in [-0.2, 0) is 13.0 Å². The van der Waals surface area contributed by atoms with E-state index in [2.05, 4.69) is 81.2 Å². The van der Waals surface area contributed by atoms with Crippen molar-refractivity contribution in [2.24, 2.45) is 4.99 Å². The molecule has 0 saturated carbocycles. The van der Waals surface area contributed by atoms with Crippen molar-refractivity contribution < 1.29 is 0 Å². The van der Waals surface area contributed by atoms with Gasteiger partial charge in [0.1, 0.15) is 0 Å². The molecule has 0 atom stereocenters. The molecule has 0 aliphatic rings. The molecule has 0 aliphatic carbocycles. The van der Waals surface area contributed by atoms with Crippen LogP contribution < -0.4 is 10.6 Å². The third kappa shape index (κ3) is 4.87. The maximum atomic E-state index is 4.51. The summed E-state index contributed by atoms with van der Waals surface area (Å²) in [5.74, 6) is 0.795. The fourth-order valence-electron chi connectivity index (χ4n) is 3.53. The lowest BCUT2D eigenvalue weighted by atomic mass is 10.1. The molecule has 150 valence electrons. The van der Waals surface area contributed by atoms with Gasteiger partial charge in [0.25, 0.3) is 0 Å². The van der Waals surface area contributed by atoms with Crippen molar-refractivity contribution in [1.29, 1.82) is 0 Å². The predicted octanol–water partition coefficient (Wildman–Crippen LogP) is 4.55. The zero-order chi connectivity index (χ0) is 19.3. The summed E-state index contributed by atoms with van der Waals surface area (Å²) in [6.07, 6.45) is 4.87. The normalized spacial score (nSPS) is 11.4. The first-order chi connectivity index (χ1) is 13.7. The molecule has 2 aromatic carbocycles. The topological polar surface area (TPSA) is 65.1 Å². The minimum Gasteiger partial charge on any atom is -0.361 e. The van der Waals surface area contributed by atoms with Gasteiger partial charge in [-0.05, 0) is 42.2 Å². The monoisotopic (exact) mass is 499 g/mol. The maximum absolute atomic E-state index is 4.51. The van der Waals surface area contributed by atoms with Gasteiger partial charge in [0.05, 0.1) is 5.52 Å². The van der Waals surface area contributed by atoms with Gasteiger partial charge in [-0.15, -0.1) is 24.0 Å². The molecular formula is C23H26IN5. The average Bonchev–Trinajstić information content (AvgIpc) is 3.12. The number of guanidine groups is 1. The van der Waals surface area contributed by atoms with Crippen LogP contribution in [-0.4, -0.2) is 29.5 Å². The Kier molecular flexibility index (Phi) is 7.09. The van der Waals surface area contributed by atoms with Crippen LogP contribution in [0.25, 0.3) is 21.8 Å². The van der Waals surface area contributed by atoms with Gasteiger partial charge < -0.3 is 15.6 Å². The molecule has 5 nitrogen and oxygen atoms in total. The van der Waals surface area contributed by atoms with Crippen molar-refractivity contribution >= 4 is 51.7 Å². The Morgan fingerprint density at radius 3 is 2.79 bits per heavy atom. The number of para-hydroxylation sites is 1. The number of hydrogen-bond donors (Lipinski definition) is 3. The number of pyridine rings is 1. The van der Waals surface area contributed by atoms with Crippen LogP contribution in [0.4, 0.5) is 0 Å². The smallest absolute Gasteiger partial charge is 0.191 e. The maximum Gasteiger partial charge on any atom is 0.191 e. The number of nitrogens with zero attached hydrogens (tertiary/aromatic N) is 2. The zero-order valence-electron chi connectivity index (χ0n) is 16.7. The van der Waals surface area contributed by atoms with Crippen molar-refractivity contribution in [3.05, 3.63) is 77.6 Å². The van der Waals surface area contributed by atoms with Crippen molar-refractivity contribution in [3.63, 3.8) is 0 Å². The lowest BCUT2D eigenvalue weighted by Crippen LogP contribution is -2.37. The molecule has 0 aliphatic heterocycles. The van der Waals surface area contributed by atoms with Crippen LogP contribution in [0.3, 0.4) is 0 Å². The number of hydrogen-bond acceptors (Lipinski definition) is 2.